The molecule has 92 valence electrons. The molecule has 4 nitrogen and oxygen atoms in total. The van der Waals surface area contributed by atoms with Gasteiger partial charge in [-0.3, -0.25) is 4.98 Å². The van der Waals surface area contributed by atoms with Crippen LogP contribution < -0.4 is 5.32 Å². The van der Waals surface area contributed by atoms with Crippen molar-refractivity contribution in [1.82, 2.24) is 9.88 Å². The van der Waals surface area contributed by atoms with Crippen molar-refractivity contribution in [2.75, 3.05) is 12.4 Å². The van der Waals surface area contributed by atoms with E-state index in [1.807, 2.05) is 37.4 Å². The second kappa shape index (κ2) is 4.29. The zero-order valence-electron chi connectivity index (χ0n) is 10.3. The Morgan fingerprint density at radius 1 is 1.33 bits per heavy atom. The lowest BCUT2D eigenvalue weighted by molar-refractivity contribution is 0.220. The van der Waals surface area contributed by atoms with Crippen molar-refractivity contribution in [1.29, 1.82) is 0 Å². The highest BCUT2D eigenvalue weighted by atomic mass is 16.2. The third-order valence-corrected chi connectivity index (χ3v) is 3.29. The summed E-state index contributed by atoms with van der Waals surface area (Å²) in [6, 6.07) is 10.0. The second-order valence-corrected chi connectivity index (χ2v) is 4.65. The van der Waals surface area contributed by atoms with Gasteiger partial charge in [0.25, 0.3) is 0 Å². The first kappa shape index (κ1) is 11.0. The number of pyridine rings is 1. The molecule has 3 rings (SSSR count). The molecule has 4 heteroatoms. The Labute approximate surface area is 106 Å². The Bertz CT molecular complexity index is 587. The molecule has 1 aromatic heterocycles. The molecule has 0 aliphatic heterocycles. The van der Waals surface area contributed by atoms with E-state index >= 15 is 0 Å². The van der Waals surface area contributed by atoms with Crippen LogP contribution in [0.1, 0.15) is 12.8 Å². The normalized spacial score (nSPS) is 14.5. The lowest BCUT2D eigenvalue weighted by Gasteiger charge is -2.17. The number of aromatic nitrogens is 1. The highest BCUT2D eigenvalue weighted by Gasteiger charge is 2.29. The third-order valence-electron chi connectivity index (χ3n) is 3.29. The molecule has 0 unspecified atom stereocenters. The average molecular weight is 241 g/mol. The van der Waals surface area contributed by atoms with Crippen molar-refractivity contribution >= 4 is 22.6 Å². The number of urea groups is 1. The van der Waals surface area contributed by atoms with Crippen LogP contribution in [0.15, 0.2) is 36.5 Å². The van der Waals surface area contributed by atoms with E-state index in [1.54, 1.807) is 11.1 Å². The van der Waals surface area contributed by atoms with Crippen LogP contribution in [0.25, 0.3) is 10.9 Å². The highest BCUT2D eigenvalue weighted by Crippen LogP contribution is 2.27. The monoisotopic (exact) mass is 241 g/mol. The summed E-state index contributed by atoms with van der Waals surface area (Å²) >= 11 is 0. The summed E-state index contributed by atoms with van der Waals surface area (Å²) in [6.45, 7) is 0. The first-order chi connectivity index (χ1) is 8.75. The van der Waals surface area contributed by atoms with Gasteiger partial charge in [-0.05, 0) is 25.0 Å². The van der Waals surface area contributed by atoms with Gasteiger partial charge in [0.15, 0.2) is 0 Å². The van der Waals surface area contributed by atoms with Gasteiger partial charge >= 0.3 is 6.03 Å². The summed E-state index contributed by atoms with van der Waals surface area (Å²) in [4.78, 5) is 18.1. The van der Waals surface area contributed by atoms with Crippen LogP contribution in [-0.4, -0.2) is 29.0 Å². The van der Waals surface area contributed by atoms with Crippen LogP contribution in [0.2, 0.25) is 0 Å². The minimum Gasteiger partial charge on any atom is -0.325 e. The van der Waals surface area contributed by atoms with Crippen LogP contribution in [0, 0.1) is 0 Å². The number of para-hydroxylation sites is 1. The van der Waals surface area contributed by atoms with Gasteiger partial charge in [-0.2, -0.15) is 0 Å². The molecule has 1 N–H and O–H groups in total. The standard InChI is InChI=1S/C14H15N3O/c1-17(11-7-8-11)14(18)16-12-6-2-4-10-5-3-9-15-13(10)12/h2-6,9,11H,7-8H2,1H3,(H,16,18). The predicted octanol–water partition coefficient (Wildman–Crippen LogP) is 2.86. The van der Waals surface area contributed by atoms with E-state index in [2.05, 4.69) is 10.3 Å². The summed E-state index contributed by atoms with van der Waals surface area (Å²) in [5.74, 6) is 0. The van der Waals surface area contributed by atoms with E-state index in [4.69, 9.17) is 0 Å². The lowest BCUT2D eigenvalue weighted by Crippen LogP contribution is -2.33. The van der Waals surface area contributed by atoms with Crippen LogP contribution >= 0.6 is 0 Å². The molecule has 0 bridgehead atoms. The third kappa shape index (κ3) is 2.01. The van der Waals surface area contributed by atoms with Gasteiger partial charge < -0.3 is 10.2 Å². The Hall–Kier alpha value is -2.10. The molecule has 0 radical (unpaired) electrons. The molecular formula is C14H15N3O. The fraction of sp³-hybridized carbons (Fsp3) is 0.286. The van der Waals surface area contributed by atoms with Crippen molar-refractivity contribution in [3.05, 3.63) is 36.5 Å². The molecule has 1 aromatic carbocycles. The zero-order valence-corrected chi connectivity index (χ0v) is 10.3. The highest BCUT2D eigenvalue weighted by molar-refractivity contribution is 5.99. The Kier molecular flexibility index (Phi) is 2.63. The minimum absolute atomic E-state index is 0.0596. The maximum absolute atomic E-state index is 12.0. The van der Waals surface area contributed by atoms with Crippen LogP contribution in [-0.2, 0) is 0 Å². The second-order valence-electron chi connectivity index (χ2n) is 4.65. The molecule has 0 spiro atoms. The number of nitrogens with zero attached hydrogens (tertiary/aromatic N) is 2. The van der Waals surface area contributed by atoms with E-state index in [1.165, 1.54) is 0 Å². The SMILES string of the molecule is CN(C(=O)Nc1cccc2cccnc12)C1CC1. The number of carbonyl (C=O) groups excluding carboxylic acids is 1. The van der Waals surface area contributed by atoms with Crippen molar-refractivity contribution in [3.63, 3.8) is 0 Å². The Balaban J connectivity index is 1.87. The maximum atomic E-state index is 12.0. The first-order valence-corrected chi connectivity index (χ1v) is 6.13. The zero-order chi connectivity index (χ0) is 12.5. The smallest absolute Gasteiger partial charge is 0.321 e. The van der Waals surface area contributed by atoms with Crippen molar-refractivity contribution < 1.29 is 4.79 Å². The van der Waals surface area contributed by atoms with Gasteiger partial charge in [0.2, 0.25) is 0 Å². The molecule has 2 amide bonds. The fourth-order valence-electron chi connectivity index (χ4n) is 2.04. The van der Waals surface area contributed by atoms with Gasteiger partial charge in [0.1, 0.15) is 0 Å². The van der Waals surface area contributed by atoms with E-state index in [0.29, 0.717) is 6.04 Å². The number of fused-ring (bicyclic) bond motifs is 1. The topological polar surface area (TPSA) is 45.2 Å². The van der Waals surface area contributed by atoms with Crippen LogP contribution in [0.4, 0.5) is 10.5 Å². The number of nitrogens with one attached hydrogen (secondary N) is 1. The fourth-order valence-corrected chi connectivity index (χ4v) is 2.04. The molecule has 18 heavy (non-hydrogen) atoms. The minimum atomic E-state index is -0.0596. The summed E-state index contributed by atoms with van der Waals surface area (Å²) < 4.78 is 0. The molecule has 1 heterocycles. The maximum Gasteiger partial charge on any atom is 0.321 e. The molecule has 1 fully saturated rings. The summed E-state index contributed by atoms with van der Waals surface area (Å²) in [5, 5.41) is 3.96. The van der Waals surface area contributed by atoms with Crippen molar-refractivity contribution in [3.8, 4) is 0 Å². The summed E-state index contributed by atoms with van der Waals surface area (Å²) in [5.41, 5.74) is 1.60. The van der Waals surface area contributed by atoms with Gasteiger partial charge in [0, 0.05) is 24.7 Å². The van der Waals surface area contributed by atoms with Crippen molar-refractivity contribution in [2.45, 2.75) is 18.9 Å². The van der Waals surface area contributed by atoms with Crippen LogP contribution in [0.3, 0.4) is 0 Å². The van der Waals surface area contributed by atoms with E-state index < -0.39 is 0 Å². The molecule has 1 saturated carbocycles. The van der Waals surface area contributed by atoms with Gasteiger partial charge in [-0.1, -0.05) is 18.2 Å². The molecule has 0 saturated heterocycles. The summed E-state index contributed by atoms with van der Waals surface area (Å²) in [6.07, 6.45) is 3.96. The quantitative estimate of drug-likeness (QED) is 0.878. The van der Waals surface area contributed by atoms with Gasteiger partial charge in [-0.15, -0.1) is 0 Å². The van der Waals surface area contributed by atoms with Crippen molar-refractivity contribution in [2.24, 2.45) is 0 Å². The molecule has 2 aromatic rings. The predicted molar refractivity (Wildman–Crippen MR) is 71.5 cm³/mol. The van der Waals surface area contributed by atoms with Crippen LogP contribution in [0.5, 0.6) is 0 Å². The number of hydrogen-bond donors (Lipinski definition) is 1. The van der Waals surface area contributed by atoms with E-state index in [9.17, 15) is 4.79 Å². The van der Waals surface area contributed by atoms with Gasteiger partial charge in [0.05, 0.1) is 11.2 Å². The number of amides is 2. The molecule has 1 aliphatic carbocycles. The number of rotatable bonds is 2. The number of benzene rings is 1. The lowest BCUT2D eigenvalue weighted by atomic mass is 10.2. The molecule has 1 aliphatic rings. The Morgan fingerprint density at radius 3 is 2.89 bits per heavy atom. The number of hydrogen-bond acceptors (Lipinski definition) is 2. The largest absolute Gasteiger partial charge is 0.325 e. The van der Waals surface area contributed by atoms with E-state index in [0.717, 1.165) is 29.4 Å². The summed E-state index contributed by atoms with van der Waals surface area (Å²) in [7, 11) is 1.84. The number of carbonyl (C=O) groups is 1. The number of anilines is 1. The average Bonchev–Trinajstić information content (AvgIpc) is 3.22. The molecular weight excluding hydrogens is 226 g/mol. The Morgan fingerprint density at radius 2 is 2.11 bits per heavy atom. The first-order valence-electron chi connectivity index (χ1n) is 6.13. The van der Waals surface area contributed by atoms with Gasteiger partial charge in [-0.25, -0.2) is 4.79 Å². The van der Waals surface area contributed by atoms with E-state index in [-0.39, 0.29) is 6.03 Å². The molecule has 0 atom stereocenters.